The lowest BCUT2D eigenvalue weighted by molar-refractivity contribution is 0.0746. The molecule has 0 saturated carbocycles. The highest BCUT2D eigenvalue weighted by Gasteiger charge is 2.21. The number of aliphatic hydroxyl groups is 1. The number of carbonyl (C=O) groups excluding carboxylic acids is 1. The third-order valence-electron chi connectivity index (χ3n) is 3.88. The molecular weight excluding hydrogens is 284 g/mol. The fourth-order valence-corrected chi connectivity index (χ4v) is 2.66. The van der Waals surface area contributed by atoms with Crippen molar-refractivity contribution in [1.29, 1.82) is 0 Å². The molecule has 0 heterocycles. The summed E-state index contributed by atoms with van der Waals surface area (Å²) in [6.45, 7) is 0. The van der Waals surface area contributed by atoms with Crippen LogP contribution >= 0.6 is 0 Å². The van der Waals surface area contributed by atoms with E-state index in [-0.39, 0.29) is 5.78 Å². The van der Waals surface area contributed by atoms with Crippen molar-refractivity contribution in [3.05, 3.63) is 107 Å². The molecule has 1 N–H and O–H groups in total. The fourth-order valence-electron chi connectivity index (χ4n) is 2.66. The fraction of sp³-hybridized carbons (Fsp3) is 0.0952. The molecule has 114 valence electrons. The number of ketones is 1. The number of hydrogen-bond donors (Lipinski definition) is 1. The number of aliphatic hydroxyl groups excluding tert-OH is 1. The van der Waals surface area contributed by atoms with Crippen molar-refractivity contribution in [2.75, 3.05) is 0 Å². The van der Waals surface area contributed by atoms with E-state index in [1.54, 1.807) is 18.2 Å². The summed E-state index contributed by atoms with van der Waals surface area (Å²) in [6, 6.07) is 26.5. The third kappa shape index (κ3) is 3.55. The van der Waals surface area contributed by atoms with Crippen LogP contribution in [-0.2, 0) is 6.42 Å². The van der Waals surface area contributed by atoms with Gasteiger partial charge in [0.1, 0.15) is 6.10 Å². The first kappa shape index (κ1) is 15.2. The molecule has 0 fully saturated rings. The second-order valence-corrected chi connectivity index (χ2v) is 5.50. The Bertz CT molecular complexity index is 779. The number of hydrogen-bond acceptors (Lipinski definition) is 2. The van der Waals surface area contributed by atoms with Crippen molar-refractivity contribution in [2.45, 2.75) is 12.5 Å². The first-order chi connectivity index (χ1) is 11.3. The highest BCUT2D eigenvalue weighted by atomic mass is 16.3. The molecule has 2 heteroatoms. The first-order valence-corrected chi connectivity index (χ1v) is 7.65. The summed E-state index contributed by atoms with van der Waals surface area (Å²) < 4.78 is 0. The smallest absolute Gasteiger partial charge is 0.196 e. The van der Waals surface area contributed by atoms with Gasteiger partial charge in [0.15, 0.2) is 5.78 Å². The average molecular weight is 302 g/mol. The number of benzene rings is 3. The van der Waals surface area contributed by atoms with Gasteiger partial charge in [-0.25, -0.2) is 0 Å². The molecule has 0 aliphatic rings. The van der Waals surface area contributed by atoms with Crippen LogP contribution in [0.3, 0.4) is 0 Å². The van der Waals surface area contributed by atoms with Crippen LogP contribution in [0.1, 0.15) is 33.2 Å². The predicted molar refractivity (Wildman–Crippen MR) is 91.4 cm³/mol. The third-order valence-corrected chi connectivity index (χ3v) is 3.88. The van der Waals surface area contributed by atoms with Gasteiger partial charge >= 0.3 is 0 Å². The van der Waals surface area contributed by atoms with Crippen LogP contribution in [0, 0.1) is 0 Å². The van der Waals surface area contributed by atoms with Gasteiger partial charge in [-0.15, -0.1) is 0 Å². The summed E-state index contributed by atoms with van der Waals surface area (Å²) in [4.78, 5) is 12.7. The molecule has 0 aliphatic carbocycles. The maximum atomic E-state index is 12.7. The van der Waals surface area contributed by atoms with Gasteiger partial charge in [-0.1, -0.05) is 84.9 Å². The van der Waals surface area contributed by atoms with Crippen LogP contribution in [0.4, 0.5) is 0 Å². The molecule has 3 aromatic rings. The van der Waals surface area contributed by atoms with E-state index in [1.165, 1.54) is 0 Å². The monoisotopic (exact) mass is 302 g/mol. The summed E-state index contributed by atoms with van der Waals surface area (Å²) in [5, 5.41) is 10.4. The van der Waals surface area contributed by atoms with Gasteiger partial charge in [-0.3, -0.25) is 4.79 Å². The first-order valence-electron chi connectivity index (χ1n) is 7.65. The number of Topliss-reactive ketones (excluding diaryl/α,β-unsaturated/α-hetero) is 1. The lowest BCUT2D eigenvalue weighted by atomic mass is 9.93. The summed E-state index contributed by atoms with van der Waals surface area (Å²) in [5.74, 6) is -0.261. The molecule has 3 aromatic carbocycles. The molecule has 0 aromatic heterocycles. The normalized spacial score (nSPS) is 11.9. The minimum absolute atomic E-state index is 0.261. The quantitative estimate of drug-likeness (QED) is 0.717. The minimum Gasteiger partial charge on any atom is -0.380 e. The molecule has 2 nitrogen and oxygen atoms in total. The van der Waals surface area contributed by atoms with E-state index < -0.39 is 6.10 Å². The number of rotatable bonds is 5. The zero-order valence-corrected chi connectivity index (χ0v) is 12.7. The van der Waals surface area contributed by atoms with E-state index in [0.717, 1.165) is 11.1 Å². The Hall–Kier alpha value is -2.71. The molecule has 0 aliphatic heterocycles. The van der Waals surface area contributed by atoms with E-state index >= 15 is 0 Å². The molecule has 1 unspecified atom stereocenters. The van der Waals surface area contributed by atoms with Crippen molar-refractivity contribution >= 4 is 5.78 Å². The van der Waals surface area contributed by atoms with E-state index in [1.807, 2.05) is 66.7 Å². The van der Waals surface area contributed by atoms with E-state index in [9.17, 15) is 9.90 Å². The Balaban J connectivity index is 1.89. The Kier molecular flexibility index (Phi) is 4.65. The van der Waals surface area contributed by atoms with Gasteiger partial charge in [0.05, 0.1) is 0 Å². The Labute approximate surface area is 136 Å². The summed E-state index contributed by atoms with van der Waals surface area (Å²) in [6.07, 6.45) is -0.460. The molecule has 0 radical (unpaired) electrons. The van der Waals surface area contributed by atoms with Gasteiger partial charge in [0.25, 0.3) is 0 Å². The topological polar surface area (TPSA) is 37.3 Å². The van der Waals surface area contributed by atoms with Gasteiger partial charge in [0.2, 0.25) is 0 Å². The number of carbonyl (C=O) groups is 1. The molecule has 0 amide bonds. The van der Waals surface area contributed by atoms with Crippen LogP contribution < -0.4 is 0 Å². The van der Waals surface area contributed by atoms with Crippen molar-refractivity contribution in [1.82, 2.24) is 0 Å². The van der Waals surface area contributed by atoms with E-state index in [0.29, 0.717) is 17.5 Å². The Morgan fingerprint density at radius 2 is 1.35 bits per heavy atom. The zero-order valence-electron chi connectivity index (χ0n) is 12.7. The highest BCUT2D eigenvalue weighted by Crippen LogP contribution is 2.22. The lowest BCUT2D eigenvalue weighted by Crippen LogP contribution is -2.14. The summed E-state index contributed by atoms with van der Waals surface area (Å²) >= 11 is 0. The summed E-state index contributed by atoms with van der Waals surface area (Å²) in [7, 11) is 0. The minimum atomic E-state index is -1.13. The van der Waals surface area contributed by atoms with Crippen LogP contribution in [-0.4, -0.2) is 10.9 Å². The molecule has 0 saturated heterocycles. The standard InChI is InChI=1S/C21H18O2/c22-20(17-11-5-2-6-12-17)21(23)19-14-8-7-13-18(19)15-16-9-3-1-4-10-16/h1-14,20,22H,15H2. The van der Waals surface area contributed by atoms with E-state index in [2.05, 4.69) is 0 Å². The van der Waals surface area contributed by atoms with Crippen LogP contribution in [0.5, 0.6) is 0 Å². The maximum Gasteiger partial charge on any atom is 0.196 e. The second-order valence-electron chi connectivity index (χ2n) is 5.50. The Morgan fingerprint density at radius 3 is 2.04 bits per heavy atom. The lowest BCUT2D eigenvalue weighted by Gasteiger charge is -2.13. The van der Waals surface area contributed by atoms with Crippen molar-refractivity contribution in [3.8, 4) is 0 Å². The SMILES string of the molecule is O=C(c1ccccc1Cc1ccccc1)C(O)c1ccccc1. The Morgan fingerprint density at radius 1 is 0.783 bits per heavy atom. The van der Waals surface area contributed by atoms with Gasteiger partial charge in [-0.2, -0.15) is 0 Å². The zero-order chi connectivity index (χ0) is 16.1. The van der Waals surface area contributed by atoms with Crippen LogP contribution in [0.15, 0.2) is 84.9 Å². The summed E-state index contributed by atoms with van der Waals surface area (Å²) in [5.41, 5.74) is 3.26. The van der Waals surface area contributed by atoms with Gasteiger partial charge < -0.3 is 5.11 Å². The molecule has 0 spiro atoms. The molecule has 23 heavy (non-hydrogen) atoms. The molecule has 3 rings (SSSR count). The van der Waals surface area contributed by atoms with Crippen LogP contribution in [0.2, 0.25) is 0 Å². The molecular formula is C21H18O2. The average Bonchev–Trinajstić information content (AvgIpc) is 2.62. The maximum absolute atomic E-state index is 12.7. The largest absolute Gasteiger partial charge is 0.380 e. The van der Waals surface area contributed by atoms with E-state index in [4.69, 9.17) is 0 Å². The van der Waals surface area contributed by atoms with Crippen LogP contribution in [0.25, 0.3) is 0 Å². The highest BCUT2D eigenvalue weighted by molar-refractivity contribution is 6.01. The van der Waals surface area contributed by atoms with Gasteiger partial charge in [-0.05, 0) is 23.1 Å². The predicted octanol–water partition coefficient (Wildman–Crippen LogP) is 4.19. The van der Waals surface area contributed by atoms with Crippen molar-refractivity contribution < 1.29 is 9.90 Å². The molecule has 1 atom stereocenters. The molecule has 0 bridgehead atoms. The second kappa shape index (κ2) is 7.03. The van der Waals surface area contributed by atoms with Crippen molar-refractivity contribution in [2.24, 2.45) is 0 Å². The van der Waals surface area contributed by atoms with Crippen molar-refractivity contribution in [3.63, 3.8) is 0 Å². The van der Waals surface area contributed by atoms with Gasteiger partial charge in [0, 0.05) is 5.56 Å².